The third-order valence-corrected chi connectivity index (χ3v) is 5.10. The average Bonchev–Trinajstić information content (AvgIpc) is 3.02. The molecule has 1 aliphatic rings. The number of anilines is 1. The Morgan fingerprint density at radius 3 is 2.88 bits per heavy atom. The number of urea groups is 1. The molecule has 0 radical (unpaired) electrons. The van der Waals surface area contributed by atoms with E-state index in [0.717, 1.165) is 36.6 Å². The van der Waals surface area contributed by atoms with Crippen molar-refractivity contribution in [3.8, 4) is 0 Å². The zero-order valence-corrected chi connectivity index (χ0v) is 15.0. The van der Waals surface area contributed by atoms with Crippen molar-refractivity contribution in [1.82, 2.24) is 15.6 Å². The number of carbonyl (C=O) groups excluding carboxylic acids is 1. The molecule has 5 nitrogen and oxygen atoms in total. The van der Waals surface area contributed by atoms with Gasteiger partial charge in [0.05, 0.1) is 16.7 Å². The lowest BCUT2D eigenvalue weighted by Gasteiger charge is -2.35. The van der Waals surface area contributed by atoms with Gasteiger partial charge in [0.2, 0.25) is 0 Å². The summed E-state index contributed by atoms with van der Waals surface area (Å²) in [6.07, 6.45) is 2.10. The van der Waals surface area contributed by atoms with Crippen molar-refractivity contribution >= 4 is 23.1 Å². The first-order chi connectivity index (χ1) is 11.6. The molecule has 0 saturated carbocycles. The molecule has 2 N–H and O–H groups in total. The molecule has 0 unspecified atom stereocenters. The first kappa shape index (κ1) is 16.8. The number of aromatic nitrogens is 1. The Morgan fingerprint density at radius 1 is 1.38 bits per heavy atom. The zero-order valence-electron chi connectivity index (χ0n) is 14.2. The van der Waals surface area contributed by atoms with E-state index in [2.05, 4.69) is 44.8 Å². The Morgan fingerprint density at radius 2 is 2.17 bits per heavy atom. The van der Waals surface area contributed by atoms with E-state index in [4.69, 9.17) is 0 Å². The second-order valence-electron chi connectivity index (χ2n) is 6.25. The summed E-state index contributed by atoms with van der Waals surface area (Å²) in [5.74, 6) is 0. The lowest BCUT2D eigenvalue weighted by atomic mass is 10.1. The Kier molecular flexibility index (Phi) is 5.35. The fourth-order valence-corrected chi connectivity index (χ4v) is 3.75. The van der Waals surface area contributed by atoms with Gasteiger partial charge in [-0.25, -0.2) is 9.78 Å². The van der Waals surface area contributed by atoms with Crippen LogP contribution in [0, 0.1) is 6.92 Å². The van der Waals surface area contributed by atoms with Crippen LogP contribution in [0.2, 0.25) is 0 Å². The molecule has 0 spiro atoms. The van der Waals surface area contributed by atoms with E-state index >= 15 is 0 Å². The molecule has 2 heterocycles. The standard InChI is InChI=1S/C18H24N4OS/c1-13(17-12-24-14(2)20-17)19-18(23)21-15-7-6-10-22(11-15)16-8-4-3-5-9-16/h3-5,8-9,12-13,15H,6-7,10-11H2,1-2H3,(H2,19,21,23)/t13-,15-/m1/s1. The number of hydrogen-bond donors (Lipinski definition) is 2. The van der Waals surface area contributed by atoms with Crippen LogP contribution in [0.1, 0.15) is 36.5 Å². The number of thiazole rings is 1. The fraction of sp³-hybridized carbons (Fsp3) is 0.444. The average molecular weight is 344 g/mol. The molecule has 2 aromatic rings. The highest BCUT2D eigenvalue weighted by Crippen LogP contribution is 2.20. The maximum Gasteiger partial charge on any atom is 0.315 e. The summed E-state index contributed by atoms with van der Waals surface area (Å²) >= 11 is 1.60. The lowest BCUT2D eigenvalue weighted by Crippen LogP contribution is -2.51. The highest BCUT2D eigenvalue weighted by molar-refractivity contribution is 7.09. The van der Waals surface area contributed by atoms with Crippen LogP contribution in [-0.4, -0.2) is 30.1 Å². The van der Waals surface area contributed by atoms with E-state index in [0.29, 0.717) is 0 Å². The number of aryl methyl sites for hydroxylation is 1. The monoisotopic (exact) mass is 344 g/mol. The van der Waals surface area contributed by atoms with Gasteiger partial charge >= 0.3 is 6.03 Å². The second kappa shape index (κ2) is 7.66. The lowest BCUT2D eigenvalue weighted by molar-refractivity contribution is 0.232. The number of rotatable bonds is 4. The van der Waals surface area contributed by atoms with Crippen LogP contribution < -0.4 is 15.5 Å². The van der Waals surface area contributed by atoms with Crippen LogP contribution >= 0.6 is 11.3 Å². The Balaban J connectivity index is 1.52. The van der Waals surface area contributed by atoms with E-state index in [1.54, 1.807) is 11.3 Å². The molecule has 1 saturated heterocycles. The largest absolute Gasteiger partial charge is 0.369 e. The van der Waals surface area contributed by atoms with Gasteiger partial charge in [-0.3, -0.25) is 0 Å². The molecule has 2 atom stereocenters. The smallest absolute Gasteiger partial charge is 0.315 e. The van der Waals surface area contributed by atoms with Crippen molar-refractivity contribution in [3.05, 3.63) is 46.4 Å². The summed E-state index contributed by atoms with van der Waals surface area (Å²) in [5.41, 5.74) is 2.14. The van der Waals surface area contributed by atoms with Crippen LogP contribution in [0.4, 0.5) is 10.5 Å². The van der Waals surface area contributed by atoms with Gasteiger partial charge in [-0.1, -0.05) is 18.2 Å². The normalized spacial score (nSPS) is 18.9. The molecule has 3 rings (SSSR count). The number of amides is 2. The van der Waals surface area contributed by atoms with Crippen LogP contribution in [0.15, 0.2) is 35.7 Å². The van der Waals surface area contributed by atoms with E-state index < -0.39 is 0 Å². The Labute approximate surface area is 147 Å². The first-order valence-corrected chi connectivity index (χ1v) is 9.29. The van der Waals surface area contributed by atoms with Gasteiger partial charge in [-0.05, 0) is 38.8 Å². The number of benzene rings is 1. The summed E-state index contributed by atoms with van der Waals surface area (Å²) in [6, 6.07) is 10.3. The molecule has 1 aromatic heterocycles. The van der Waals surface area contributed by atoms with Crippen LogP contribution in [-0.2, 0) is 0 Å². The third kappa shape index (κ3) is 4.26. The van der Waals surface area contributed by atoms with Crippen molar-refractivity contribution < 1.29 is 4.79 Å². The van der Waals surface area contributed by atoms with Crippen molar-refractivity contribution in [2.45, 2.75) is 38.8 Å². The van der Waals surface area contributed by atoms with E-state index in [1.165, 1.54) is 5.69 Å². The van der Waals surface area contributed by atoms with Crippen LogP contribution in [0.25, 0.3) is 0 Å². The Hall–Kier alpha value is -2.08. The molecular formula is C18H24N4OS. The Bertz CT molecular complexity index is 673. The van der Waals surface area contributed by atoms with E-state index in [1.807, 2.05) is 25.3 Å². The molecule has 24 heavy (non-hydrogen) atoms. The highest BCUT2D eigenvalue weighted by atomic mass is 32.1. The summed E-state index contributed by atoms with van der Waals surface area (Å²) < 4.78 is 0. The zero-order chi connectivity index (χ0) is 16.9. The van der Waals surface area contributed by atoms with E-state index in [-0.39, 0.29) is 18.1 Å². The molecular weight excluding hydrogens is 320 g/mol. The van der Waals surface area contributed by atoms with Gasteiger partial charge in [-0.2, -0.15) is 0 Å². The molecule has 2 amide bonds. The number of carbonyl (C=O) groups is 1. The van der Waals surface area contributed by atoms with Crippen LogP contribution in [0.5, 0.6) is 0 Å². The minimum absolute atomic E-state index is 0.0798. The van der Waals surface area contributed by atoms with E-state index in [9.17, 15) is 4.79 Å². The molecule has 128 valence electrons. The summed E-state index contributed by atoms with van der Waals surface area (Å²) in [5, 5.41) is 9.11. The number of para-hydroxylation sites is 1. The van der Waals surface area contributed by atoms with Crippen molar-refractivity contribution in [2.24, 2.45) is 0 Å². The molecule has 1 aromatic carbocycles. The quantitative estimate of drug-likeness (QED) is 0.893. The predicted octanol–water partition coefficient (Wildman–Crippen LogP) is 3.48. The second-order valence-corrected chi connectivity index (χ2v) is 7.31. The molecule has 0 aliphatic carbocycles. The minimum Gasteiger partial charge on any atom is -0.369 e. The van der Waals surface area contributed by atoms with Gasteiger partial charge in [0.15, 0.2) is 0 Å². The van der Waals surface area contributed by atoms with Gasteiger partial charge in [-0.15, -0.1) is 11.3 Å². The molecule has 0 bridgehead atoms. The molecule has 1 fully saturated rings. The number of piperidine rings is 1. The maximum absolute atomic E-state index is 12.3. The van der Waals surface area contributed by atoms with Gasteiger partial charge in [0.1, 0.15) is 0 Å². The summed E-state index contributed by atoms with van der Waals surface area (Å²) in [6.45, 7) is 5.83. The van der Waals surface area contributed by atoms with Gasteiger partial charge < -0.3 is 15.5 Å². The molecule has 6 heteroatoms. The summed E-state index contributed by atoms with van der Waals surface area (Å²) in [4.78, 5) is 19.0. The van der Waals surface area contributed by atoms with Crippen molar-refractivity contribution in [1.29, 1.82) is 0 Å². The number of nitrogens with one attached hydrogen (secondary N) is 2. The third-order valence-electron chi connectivity index (χ3n) is 4.31. The number of hydrogen-bond acceptors (Lipinski definition) is 4. The summed E-state index contributed by atoms with van der Waals surface area (Å²) in [7, 11) is 0. The van der Waals surface area contributed by atoms with Crippen LogP contribution in [0.3, 0.4) is 0 Å². The highest BCUT2D eigenvalue weighted by Gasteiger charge is 2.22. The predicted molar refractivity (Wildman–Crippen MR) is 98.6 cm³/mol. The fourth-order valence-electron chi connectivity index (χ4n) is 3.04. The minimum atomic E-state index is -0.118. The topological polar surface area (TPSA) is 57.3 Å². The van der Waals surface area contributed by atoms with Crippen molar-refractivity contribution in [3.63, 3.8) is 0 Å². The van der Waals surface area contributed by atoms with Gasteiger partial charge in [0.25, 0.3) is 0 Å². The van der Waals surface area contributed by atoms with Crippen molar-refractivity contribution in [2.75, 3.05) is 18.0 Å². The molecule has 1 aliphatic heterocycles. The SMILES string of the molecule is Cc1nc([C@@H](C)NC(=O)N[C@@H]2CCCN(c3ccccc3)C2)cs1. The maximum atomic E-state index is 12.3. The van der Waals surface area contributed by atoms with Gasteiger partial charge in [0, 0.05) is 30.2 Å². The first-order valence-electron chi connectivity index (χ1n) is 8.41. The number of nitrogens with zero attached hydrogens (tertiary/aromatic N) is 2.